The van der Waals surface area contributed by atoms with Crippen LogP contribution in [0.25, 0.3) is 0 Å². The summed E-state index contributed by atoms with van der Waals surface area (Å²) in [4.78, 5) is 0. The van der Waals surface area contributed by atoms with Gasteiger partial charge < -0.3 is 10.4 Å². The topological polar surface area (TPSA) is 32.3 Å². The fraction of sp³-hybridized carbons (Fsp3) is 1.00. The van der Waals surface area contributed by atoms with Crippen LogP contribution in [0.4, 0.5) is 4.39 Å². The van der Waals surface area contributed by atoms with Crippen LogP contribution in [0, 0.1) is 0 Å². The molecule has 0 aromatic carbocycles. The van der Waals surface area contributed by atoms with Crippen molar-refractivity contribution >= 4 is 0 Å². The summed E-state index contributed by atoms with van der Waals surface area (Å²) >= 11 is 0. The van der Waals surface area contributed by atoms with Crippen LogP contribution < -0.4 is 5.32 Å². The van der Waals surface area contributed by atoms with Crippen LogP contribution in [-0.2, 0) is 0 Å². The second kappa shape index (κ2) is 6.96. The molecule has 0 aliphatic heterocycles. The number of rotatable bonds is 6. The van der Waals surface area contributed by atoms with E-state index in [0.717, 1.165) is 19.4 Å². The van der Waals surface area contributed by atoms with Gasteiger partial charge in [-0.05, 0) is 13.0 Å². The van der Waals surface area contributed by atoms with Gasteiger partial charge >= 0.3 is 0 Å². The van der Waals surface area contributed by atoms with E-state index in [2.05, 4.69) is 12.2 Å². The Balaban J connectivity index is 2.89. The predicted octanol–water partition coefficient (Wildman–Crippen LogP) is 0.706. The van der Waals surface area contributed by atoms with E-state index < -0.39 is 12.8 Å². The smallest absolute Gasteiger partial charge is 0.117 e. The van der Waals surface area contributed by atoms with Crippen molar-refractivity contribution in [3.05, 3.63) is 0 Å². The molecule has 0 heterocycles. The van der Waals surface area contributed by atoms with Gasteiger partial charge in [-0.1, -0.05) is 13.3 Å². The number of aliphatic hydroxyl groups is 1. The lowest BCUT2D eigenvalue weighted by Crippen LogP contribution is -2.28. The Kier molecular flexibility index (Phi) is 6.86. The molecular weight excluding hydrogens is 133 g/mol. The van der Waals surface area contributed by atoms with Gasteiger partial charge in [0.25, 0.3) is 0 Å². The van der Waals surface area contributed by atoms with Gasteiger partial charge in [0, 0.05) is 6.54 Å². The summed E-state index contributed by atoms with van der Waals surface area (Å²) in [6, 6.07) is 0. The number of unbranched alkanes of at least 4 members (excludes halogenated alkanes) is 1. The van der Waals surface area contributed by atoms with Crippen molar-refractivity contribution < 1.29 is 9.50 Å². The highest BCUT2D eigenvalue weighted by Gasteiger charge is 1.99. The van der Waals surface area contributed by atoms with Crippen LogP contribution in [0.1, 0.15) is 19.8 Å². The van der Waals surface area contributed by atoms with Crippen LogP contribution in [0.5, 0.6) is 0 Å². The van der Waals surface area contributed by atoms with Crippen molar-refractivity contribution in [1.29, 1.82) is 0 Å². The highest BCUT2D eigenvalue weighted by Crippen LogP contribution is 1.84. The number of nitrogens with one attached hydrogen (secondary N) is 1. The van der Waals surface area contributed by atoms with Gasteiger partial charge in [-0.3, -0.25) is 0 Å². The molecule has 0 saturated heterocycles. The molecule has 1 atom stereocenters. The van der Waals surface area contributed by atoms with Crippen molar-refractivity contribution in [2.24, 2.45) is 0 Å². The van der Waals surface area contributed by atoms with Crippen molar-refractivity contribution in [2.45, 2.75) is 25.9 Å². The van der Waals surface area contributed by atoms with Crippen LogP contribution in [0.3, 0.4) is 0 Å². The normalized spacial score (nSPS) is 13.5. The van der Waals surface area contributed by atoms with Crippen molar-refractivity contribution in [3.63, 3.8) is 0 Å². The Hall–Kier alpha value is -0.150. The third-order valence-electron chi connectivity index (χ3n) is 1.27. The van der Waals surface area contributed by atoms with E-state index in [1.165, 1.54) is 0 Å². The molecule has 0 amide bonds. The lowest BCUT2D eigenvalue weighted by atomic mass is 10.3. The second-order valence-corrected chi connectivity index (χ2v) is 2.37. The molecule has 0 radical (unpaired) electrons. The van der Waals surface area contributed by atoms with Gasteiger partial charge in [0.1, 0.15) is 6.67 Å². The first-order valence-electron chi connectivity index (χ1n) is 3.76. The van der Waals surface area contributed by atoms with E-state index in [1.54, 1.807) is 0 Å². The molecule has 0 rings (SSSR count). The van der Waals surface area contributed by atoms with Gasteiger partial charge in [0.2, 0.25) is 0 Å². The molecule has 0 saturated carbocycles. The molecule has 0 aliphatic carbocycles. The largest absolute Gasteiger partial charge is 0.389 e. The summed E-state index contributed by atoms with van der Waals surface area (Å²) < 4.78 is 11.6. The number of hydrogen-bond donors (Lipinski definition) is 2. The van der Waals surface area contributed by atoms with Gasteiger partial charge in [-0.25, -0.2) is 4.39 Å². The number of alkyl halides is 1. The zero-order valence-electron chi connectivity index (χ0n) is 6.44. The second-order valence-electron chi connectivity index (χ2n) is 2.37. The minimum absolute atomic E-state index is 0.372. The highest BCUT2D eigenvalue weighted by molar-refractivity contribution is 4.56. The average Bonchev–Trinajstić information content (AvgIpc) is 1.98. The van der Waals surface area contributed by atoms with E-state index >= 15 is 0 Å². The quantitative estimate of drug-likeness (QED) is 0.545. The standard InChI is InChI=1S/C7H16FNO/c1-2-3-4-9-6-7(10)5-8/h7,9-10H,2-6H2,1H3. The van der Waals surface area contributed by atoms with Crippen molar-refractivity contribution in [3.8, 4) is 0 Å². The molecule has 0 aromatic rings. The maximum atomic E-state index is 11.6. The lowest BCUT2D eigenvalue weighted by molar-refractivity contribution is 0.138. The zero-order valence-corrected chi connectivity index (χ0v) is 6.44. The summed E-state index contributed by atoms with van der Waals surface area (Å²) in [5.41, 5.74) is 0. The SMILES string of the molecule is CCCCNCC(O)CF. The minimum Gasteiger partial charge on any atom is -0.389 e. The maximum Gasteiger partial charge on any atom is 0.117 e. The summed E-state index contributed by atoms with van der Waals surface area (Å²) in [5, 5.41) is 11.7. The van der Waals surface area contributed by atoms with Gasteiger partial charge in [-0.15, -0.1) is 0 Å². The van der Waals surface area contributed by atoms with Crippen LogP contribution in [0.15, 0.2) is 0 Å². The van der Waals surface area contributed by atoms with Gasteiger partial charge in [0.15, 0.2) is 0 Å². The van der Waals surface area contributed by atoms with Gasteiger partial charge in [0.05, 0.1) is 6.10 Å². The molecule has 3 heteroatoms. The first-order chi connectivity index (χ1) is 4.81. The molecule has 0 bridgehead atoms. The predicted molar refractivity (Wildman–Crippen MR) is 39.8 cm³/mol. The monoisotopic (exact) mass is 149 g/mol. The van der Waals surface area contributed by atoms with Crippen LogP contribution in [-0.4, -0.2) is 31.0 Å². The number of aliphatic hydroxyl groups excluding tert-OH is 1. The lowest BCUT2D eigenvalue weighted by Gasteiger charge is -2.06. The summed E-state index contributed by atoms with van der Waals surface area (Å²) in [6.07, 6.45) is 1.38. The molecule has 0 fully saturated rings. The minimum atomic E-state index is -0.822. The molecule has 0 aromatic heterocycles. The molecule has 2 N–H and O–H groups in total. The fourth-order valence-electron chi connectivity index (χ4n) is 0.625. The van der Waals surface area contributed by atoms with Crippen molar-refractivity contribution in [1.82, 2.24) is 5.32 Å². The maximum absolute atomic E-state index is 11.6. The Bertz CT molecular complexity index is 70.6. The zero-order chi connectivity index (χ0) is 7.82. The molecular formula is C7H16FNO. The Morgan fingerprint density at radius 1 is 1.60 bits per heavy atom. The van der Waals surface area contributed by atoms with E-state index in [-0.39, 0.29) is 0 Å². The number of hydrogen-bond acceptors (Lipinski definition) is 2. The van der Waals surface area contributed by atoms with E-state index in [9.17, 15) is 4.39 Å². The third kappa shape index (κ3) is 5.98. The molecule has 1 unspecified atom stereocenters. The van der Waals surface area contributed by atoms with E-state index in [1.807, 2.05) is 0 Å². The van der Waals surface area contributed by atoms with Gasteiger partial charge in [-0.2, -0.15) is 0 Å². The van der Waals surface area contributed by atoms with E-state index in [4.69, 9.17) is 5.11 Å². The molecule has 10 heavy (non-hydrogen) atoms. The van der Waals surface area contributed by atoms with E-state index in [0.29, 0.717) is 6.54 Å². The first-order valence-corrected chi connectivity index (χ1v) is 3.76. The van der Waals surface area contributed by atoms with Crippen LogP contribution in [0.2, 0.25) is 0 Å². The molecule has 62 valence electrons. The Labute approximate surface area is 61.4 Å². The first kappa shape index (κ1) is 9.85. The summed E-state index contributed by atoms with van der Waals surface area (Å²) in [7, 11) is 0. The van der Waals surface area contributed by atoms with Crippen molar-refractivity contribution in [2.75, 3.05) is 19.8 Å². The molecule has 0 spiro atoms. The highest BCUT2D eigenvalue weighted by atomic mass is 19.1. The third-order valence-corrected chi connectivity index (χ3v) is 1.27. The Morgan fingerprint density at radius 3 is 2.80 bits per heavy atom. The Morgan fingerprint density at radius 2 is 2.30 bits per heavy atom. The summed E-state index contributed by atoms with van der Waals surface area (Å²) in [6.45, 7) is 2.68. The number of halogens is 1. The molecule has 2 nitrogen and oxygen atoms in total. The average molecular weight is 149 g/mol. The molecule has 0 aliphatic rings. The van der Waals surface area contributed by atoms with Crippen LogP contribution >= 0.6 is 0 Å². The fourth-order valence-corrected chi connectivity index (χ4v) is 0.625. The summed E-state index contributed by atoms with van der Waals surface area (Å²) in [5.74, 6) is 0.